The van der Waals surface area contributed by atoms with E-state index in [0.29, 0.717) is 15.9 Å². The lowest BCUT2D eigenvalue weighted by Crippen LogP contribution is -2.35. The summed E-state index contributed by atoms with van der Waals surface area (Å²) < 4.78 is 4.71. The van der Waals surface area contributed by atoms with Crippen LogP contribution in [-0.2, 0) is 9.53 Å². The maximum absolute atomic E-state index is 11.6. The number of ether oxygens (including phenoxy) is 1. The number of aromatic nitrogens is 1. The number of anilines is 1. The molecule has 6 heteroatoms. The summed E-state index contributed by atoms with van der Waals surface area (Å²) in [4.78, 5) is 15.6. The van der Waals surface area contributed by atoms with E-state index in [1.807, 2.05) is 13.8 Å². The maximum atomic E-state index is 11.6. The molecule has 1 heterocycles. The molecule has 1 N–H and O–H groups in total. The van der Waals surface area contributed by atoms with Gasteiger partial charge in [0.05, 0.1) is 17.2 Å². The molecule has 1 rings (SSSR count). The van der Waals surface area contributed by atoms with Crippen molar-refractivity contribution in [1.29, 1.82) is 0 Å². The average Bonchev–Trinajstić information content (AvgIpc) is 2.26. The van der Waals surface area contributed by atoms with Gasteiger partial charge >= 0.3 is 5.97 Å². The van der Waals surface area contributed by atoms with E-state index in [1.165, 1.54) is 13.3 Å². The molecule has 1 unspecified atom stereocenters. The highest BCUT2D eigenvalue weighted by atomic mass is 35.5. The predicted molar refractivity (Wildman–Crippen MR) is 68.5 cm³/mol. The van der Waals surface area contributed by atoms with Crippen molar-refractivity contribution >= 4 is 35.0 Å². The summed E-state index contributed by atoms with van der Waals surface area (Å²) in [5.74, 6) is 0.115. The molecule has 0 fully saturated rings. The van der Waals surface area contributed by atoms with Gasteiger partial charge in [-0.1, -0.05) is 37.0 Å². The third kappa shape index (κ3) is 3.75. The molecule has 0 amide bonds. The third-order valence-corrected chi connectivity index (χ3v) is 2.72. The molecule has 1 atom stereocenters. The van der Waals surface area contributed by atoms with Crippen LogP contribution < -0.4 is 5.32 Å². The summed E-state index contributed by atoms with van der Waals surface area (Å²) in [7, 11) is 1.34. The summed E-state index contributed by atoms with van der Waals surface area (Å²) in [6.07, 6.45) is 1.46. The van der Waals surface area contributed by atoms with E-state index in [4.69, 9.17) is 27.9 Å². The molecule has 0 spiro atoms. The molecule has 0 aliphatic carbocycles. The Morgan fingerprint density at radius 1 is 1.47 bits per heavy atom. The summed E-state index contributed by atoms with van der Waals surface area (Å²) in [6.45, 7) is 3.80. The van der Waals surface area contributed by atoms with Crippen LogP contribution in [0.4, 0.5) is 5.82 Å². The minimum atomic E-state index is -0.494. The lowest BCUT2D eigenvalue weighted by molar-refractivity contribution is -0.142. The Labute approximate surface area is 110 Å². The van der Waals surface area contributed by atoms with Gasteiger partial charge in [-0.05, 0) is 12.0 Å². The first-order valence-electron chi connectivity index (χ1n) is 5.11. The Kier molecular flexibility index (Phi) is 5.02. The van der Waals surface area contributed by atoms with Crippen molar-refractivity contribution in [2.45, 2.75) is 19.9 Å². The second-order valence-corrected chi connectivity index (χ2v) is 4.72. The molecule has 0 bridgehead atoms. The normalized spacial score (nSPS) is 12.4. The number of carbonyl (C=O) groups is 1. The van der Waals surface area contributed by atoms with E-state index in [0.717, 1.165) is 0 Å². The summed E-state index contributed by atoms with van der Waals surface area (Å²) >= 11 is 11.7. The quantitative estimate of drug-likeness (QED) is 0.859. The Morgan fingerprint density at radius 2 is 2.12 bits per heavy atom. The third-order valence-electron chi connectivity index (χ3n) is 2.22. The van der Waals surface area contributed by atoms with E-state index < -0.39 is 6.04 Å². The van der Waals surface area contributed by atoms with Gasteiger partial charge in [-0.25, -0.2) is 9.78 Å². The molecule has 0 saturated heterocycles. The monoisotopic (exact) mass is 276 g/mol. The number of hydrogen-bond donors (Lipinski definition) is 1. The highest BCUT2D eigenvalue weighted by molar-refractivity contribution is 6.36. The SMILES string of the molecule is COC(=O)C(Nc1ncc(Cl)cc1Cl)C(C)C. The Bertz CT molecular complexity index is 410. The first-order chi connectivity index (χ1) is 7.95. The van der Waals surface area contributed by atoms with Crippen LogP contribution in [0.25, 0.3) is 0 Å². The number of nitrogens with one attached hydrogen (secondary N) is 1. The first kappa shape index (κ1) is 14.1. The molecule has 1 aromatic heterocycles. The number of hydrogen-bond acceptors (Lipinski definition) is 4. The van der Waals surface area contributed by atoms with Gasteiger partial charge in [0.2, 0.25) is 0 Å². The zero-order valence-corrected chi connectivity index (χ0v) is 11.3. The molecule has 94 valence electrons. The van der Waals surface area contributed by atoms with Crippen LogP contribution in [-0.4, -0.2) is 24.1 Å². The van der Waals surface area contributed by atoms with Gasteiger partial charge in [-0.15, -0.1) is 0 Å². The number of halogens is 2. The van der Waals surface area contributed by atoms with Crippen LogP contribution in [0.15, 0.2) is 12.3 Å². The zero-order valence-electron chi connectivity index (χ0n) is 9.83. The summed E-state index contributed by atoms with van der Waals surface area (Å²) in [5, 5.41) is 3.76. The van der Waals surface area contributed by atoms with Gasteiger partial charge in [0.25, 0.3) is 0 Å². The second kappa shape index (κ2) is 6.07. The van der Waals surface area contributed by atoms with Gasteiger partial charge in [0.15, 0.2) is 0 Å². The van der Waals surface area contributed by atoms with Crippen molar-refractivity contribution < 1.29 is 9.53 Å². The van der Waals surface area contributed by atoms with Gasteiger partial charge in [0, 0.05) is 6.20 Å². The smallest absolute Gasteiger partial charge is 0.328 e. The molecule has 0 saturated carbocycles. The fraction of sp³-hybridized carbons (Fsp3) is 0.455. The van der Waals surface area contributed by atoms with Gasteiger partial charge in [-0.2, -0.15) is 0 Å². The maximum Gasteiger partial charge on any atom is 0.328 e. The molecular formula is C11H14Cl2N2O2. The van der Waals surface area contributed by atoms with Crippen molar-refractivity contribution in [2.24, 2.45) is 5.92 Å². The van der Waals surface area contributed by atoms with Crippen LogP contribution >= 0.6 is 23.2 Å². The Balaban J connectivity index is 2.90. The lowest BCUT2D eigenvalue weighted by Gasteiger charge is -2.20. The van der Waals surface area contributed by atoms with E-state index in [2.05, 4.69) is 10.3 Å². The molecule has 0 aromatic carbocycles. The second-order valence-electron chi connectivity index (χ2n) is 3.87. The average molecular weight is 277 g/mol. The van der Waals surface area contributed by atoms with Crippen LogP contribution in [0.1, 0.15) is 13.8 Å². The number of nitrogens with zero attached hydrogens (tertiary/aromatic N) is 1. The number of pyridine rings is 1. The number of carbonyl (C=O) groups excluding carboxylic acids is 1. The number of methoxy groups -OCH3 is 1. The van der Waals surface area contributed by atoms with Gasteiger partial charge in [-0.3, -0.25) is 0 Å². The Hall–Kier alpha value is -1.000. The van der Waals surface area contributed by atoms with Crippen LogP contribution in [0.3, 0.4) is 0 Å². The van der Waals surface area contributed by atoms with E-state index >= 15 is 0 Å². The Morgan fingerprint density at radius 3 is 2.59 bits per heavy atom. The van der Waals surface area contributed by atoms with Crippen molar-refractivity contribution in [3.05, 3.63) is 22.3 Å². The molecule has 17 heavy (non-hydrogen) atoms. The molecular weight excluding hydrogens is 263 g/mol. The van der Waals surface area contributed by atoms with E-state index in [-0.39, 0.29) is 11.9 Å². The topological polar surface area (TPSA) is 51.2 Å². The van der Waals surface area contributed by atoms with Crippen LogP contribution in [0.2, 0.25) is 10.0 Å². The highest BCUT2D eigenvalue weighted by Crippen LogP contribution is 2.24. The zero-order chi connectivity index (χ0) is 13.0. The first-order valence-corrected chi connectivity index (χ1v) is 5.86. The molecule has 1 aromatic rings. The minimum Gasteiger partial charge on any atom is -0.467 e. The molecule has 0 aliphatic rings. The minimum absolute atomic E-state index is 0.0518. The van der Waals surface area contributed by atoms with Crippen LogP contribution in [0.5, 0.6) is 0 Å². The van der Waals surface area contributed by atoms with Crippen molar-refractivity contribution in [1.82, 2.24) is 4.98 Å². The van der Waals surface area contributed by atoms with Crippen molar-refractivity contribution in [3.8, 4) is 0 Å². The summed E-state index contributed by atoms with van der Waals surface area (Å²) in [5.41, 5.74) is 0. The van der Waals surface area contributed by atoms with Crippen LogP contribution in [0, 0.1) is 5.92 Å². The van der Waals surface area contributed by atoms with Gasteiger partial charge in [0.1, 0.15) is 11.9 Å². The van der Waals surface area contributed by atoms with E-state index in [9.17, 15) is 4.79 Å². The standard InChI is InChI=1S/C11H14Cl2N2O2/c1-6(2)9(11(16)17-3)15-10-8(13)4-7(12)5-14-10/h4-6,9H,1-3H3,(H,14,15). The largest absolute Gasteiger partial charge is 0.467 e. The fourth-order valence-electron chi connectivity index (χ4n) is 1.29. The van der Waals surface area contributed by atoms with Crippen molar-refractivity contribution in [2.75, 3.05) is 12.4 Å². The highest BCUT2D eigenvalue weighted by Gasteiger charge is 2.23. The fourth-order valence-corrected chi connectivity index (χ4v) is 1.73. The number of rotatable bonds is 4. The predicted octanol–water partition coefficient (Wildman–Crippen LogP) is 3.00. The molecule has 0 radical (unpaired) electrons. The number of esters is 1. The van der Waals surface area contributed by atoms with E-state index in [1.54, 1.807) is 6.07 Å². The molecule has 0 aliphatic heterocycles. The van der Waals surface area contributed by atoms with Crippen molar-refractivity contribution in [3.63, 3.8) is 0 Å². The molecule has 4 nitrogen and oxygen atoms in total. The summed E-state index contributed by atoms with van der Waals surface area (Å²) in [6, 6.07) is 1.07. The van der Waals surface area contributed by atoms with Gasteiger partial charge < -0.3 is 10.1 Å². The lowest BCUT2D eigenvalue weighted by atomic mass is 10.0.